The molecule has 6 nitrogen and oxygen atoms in total. The smallest absolute Gasteiger partial charge is 0.218 e. The van der Waals surface area contributed by atoms with E-state index < -0.39 is 0 Å². The fourth-order valence-electron chi connectivity index (χ4n) is 2.26. The van der Waals surface area contributed by atoms with Gasteiger partial charge in [0.15, 0.2) is 5.96 Å². The molecule has 0 amide bonds. The number of nitrogens with zero attached hydrogens (tertiary/aromatic N) is 2. The highest BCUT2D eigenvalue weighted by molar-refractivity contribution is 14.0. The summed E-state index contributed by atoms with van der Waals surface area (Å²) in [6.07, 6.45) is 2.69. The largest absolute Gasteiger partial charge is 0.497 e. The molecule has 7 heteroatoms. The lowest BCUT2D eigenvalue weighted by atomic mass is 10.2. The predicted molar refractivity (Wildman–Crippen MR) is 115 cm³/mol. The first-order chi connectivity index (χ1) is 12.3. The molecule has 0 aliphatic heterocycles. The second-order valence-electron chi connectivity index (χ2n) is 5.45. The Morgan fingerprint density at radius 3 is 2.69 bits per heavy atom. The first kappa shape index (κ1) is 22.0. The van der Waals surface area contributed by atoms with Gasteiger partial charge in [-0.05, 0) is 30.2 Å². The van der Waals surface area contributed by atoms with Crippen molar-refractivity contribution in [3.05, 3.63) is 53.7 Å². The molecule has 26 heavy (non-hydrogen) atoms. The number of hydrogen-bond acceptors (Lipinski definition) is 4. The van der Waals surface area contributed by atoms with E-state index in [-0.39, 0.29) is 24.0 Å². The summed E-state index contributed by atoms with van der Waals surface area (Å²) in [7, 11) is 3.41. The number of pyridine rings is 1. The third-order valence-corrected chi connectivity index (χ3v) is 3.56. The minimum atomic E-state index is 0. The Morgan fingerprint density at radius 2 is 1.96 bits per heavy atom. The third kappa shape index (κ3) is 7.07. The van der Waals surface area contributed by atoms with Crippen LogP contribution in [0.5, 0.6) is 11.6 Å². The molecule has 1 aromatic heterocycles. The van der Waals surface area contributed by atoms with Crippen molar-refractivity contribution in [3.63, 3.8) is 0 Å². The number of methoxy groups -OCH3 is 1. The zero-order chi connectivity index (χ0) is 17.9. The quantitative estimate of drug-likeness (QED) is 0.352. The predicted octanol–water partition coefficient (Wildman–Crippen LogP) is 3.36. The molecule has 1 heterocycles. The van der Waals surface area contributed by atoms with Gasteiger partial charge in [-0.15, -0.1) is 24.0 Å². The number of guanidine groups is 1. The number of halogens is 1. The third-order valence-electron chi connectivity index (χ3n) is 3.56. The highest BCUT2D eigenvalue weighted by atomic mass is 127. The molecule has 1 aromatic carbocycles. The van der Waals surface area contributed by atoms with Crippen molar-refractivity contribution in [1.29, 1.82) is 0 Å². The van der Waals surface area contributed by atoms with Crippen LogP contribution >= 0.6 is 24.0 Å². The fraction of sp³-hybridized carbons (Fsp3) is 0.368. The second-order valence-corrected chi connectivity index (χ2v) is 5.45. The Balaban J connectivity index is 0.00000338. The van der Waals surface area contributed by atoms with Crippen LogP contribution in [0.2, 0.25) is 0 Å². The first-order valence-corrected chi connectivity index (χ1v) is 8.41. The summed E-state index contributed by atoms with van der Waals surface area (Å²) in [6.45, 7) is 3.98. The highest BCUT2D eigenvalue weighted by Gasteiger charge is 2.06. The minimum Gasteiger partial charge on any atom is -0.497 e. The van der Waals surface area contributed by atoms with Gasteiger partial charge in [-0.1, -0.05) is 25.1 Å². The summed E-state index contributed by atoms with van der Waals surface area (Å²) in [5.74, 6) is 2.23. The van der Waals surface area contributed by atoms with Crippen LogP contribution in [-0.2, 0) is 13.1 Å². The normalized spacial score (nSPS) is 10.7. The van der Waals surface area contributed by atoms with Crippen LogP contribution in [0, 0.1) is 0 Å². The SMILES string of the molecule is CCCOc1ncccc1CNC(=NC)NCc1cccc(OC)c1.I. The lowest BCUT2D eigenvalue weighted by Gasteiger charge is -2.14. The minimum absolute atomic E-state index is 0. The van der Waals surface area contributed by atoms with Crippen LogP contribution in [0.15, 0.2) is 47.6 Å². The number of rotatable bonds is 8. The number of benzene rings is 1. The van der Waals surface area contributed by atoms with Gasteiger partial charge in [0.2, 0.25) is 5.88 Å². The van der Waals surface area contributed by atoms with Crippen molar-refractivity contribution >= 4 is 29.9 Å². The van der Waals surface area contributed by atoms with Crippen LogP contribution in [0.4, 0.5) is 0 Å². The van der Waals surface area contributed by atoms with E-state index >= 15 is 0 Å². The molecule has 2 rings (SSSR count). The monoisotopic (exact) mass is 470 g/mol. The van der Waals surface area contributed by atoms with E-state index in [1.54, 1.807) is 20.4 Å². The standard InChI is InChI=1S/C19H26N4O2.HI/c1-4-11-25-18-16(8-6-10-21-18)14-23-19(20-2)22-13-15-7-5-9-17(12-15)24-3;/h5-10,12H,4,11,13-14H2,1-3H3,(H2,20,22,23);1H. The molecule has 0 saturated heterocycles. The maximum absolute atomic E-state index is 5.68. The van der Waals surface area contributed by atoms with Gasteiger partial charge in [-0.2, -0.15) is 0 Å². The first-order valence-electron chi connectivity index (χ1n) is 8.41. The van der Waals surface area contributed by atoms with E-state index in [2.05, 4.69) is 27.5 Å². The van der Waals surface area contributed by atoms with Crippen molar-refractivity contribution in [3.8, 4) is 11.6 Å². The molecule has 0 aliphatic carbocycles. The van der Waals surface area contributed by atoms with Crippen molar-refractivity contribution in [2.24, 2.45) is 4.99 Å². The summed E-state index contributed by atoms with van der Waals surface area (Å²) in [6, 6.07) is 11.8. The molecule has 0 aliphatic rings. The van der Waals surface area contributed by atoms with Gasteiger partial charge in [0, 0.05) is 31.9 Å². The van der Waals surface area contributed by atoms with E-state index in [1.165, 1.54) is 0 Å². The lowest BCUT2D eigenvalue weighted by Crippen LogP contribution is -2.36. The molecule has 2 N–H and O–H groups in total. The maximum atomic E-state index is 5.68. The van der Waals surface area contributed by atoms with Crippen molar-refractivity contribution in [2.75, 3.05) is 20.8 Å². The molecule has 142 valence electrons. The molecule has 0 atom stereocenters. The van der Waals surface area contributed by atoms with Gasteiger partial charge in [0.25, 0.3) is 0 Å². The zero-order valence-corrected chi connectivity index (χ0v) is 17.8. The lowest BCUT2D eigenvalue weighted by molar-refractivity contribution is 0.301. The Labute approximate surface area is 172 Å². The number of hydrogen-bond donors (Lipinski definition) is 2. The van der Waals surface area contributed by atoms with Gasteiger partial charge >= 0.3 is 0 Å². The fourth-order valence-corrected chi connectivity index (χ4v) is 2.26. The molecule has 2 aromatic rings. The van der Waals surface area contributed by atoms with E-state index in [0.29, 0.717) is 31.5 Å². The number of aromatic nitrogens is 1. The number of nitrogens with one attached hydrogen (secondary N) is 2. The summed E-state index contributed by atoms with van der Waals surface area (Å²) >= 11 is 0. The van der Waals surface area contributed by atoms with Crippen LogP contribution in [0.1, 0.15) is 24.5 Å². The molecule has 0 fully saturated rings. The summed E-state index contributed by atoms with van der Waals surface area (Å²) in [5, 5.41) is 6.58. The summed E-state index contributed by atoms with van der Waals surface area (Å²) in [4.78, 5) is 8.55. The maximum Gasteiger partial charge on any atom is 0.218 e. The van der Waals surface area contributed by atoms with Crippen molar-refractivity contribution < 1.29 is 9.47 Å². The number of ether oxygens (including phenoxy) is 2. The average Bonchev–Trinajstić information content (AvgIpc) is 2.67. The van der Waals surface area contributed by atoms with Crippen molar-refractivity contribution in [1.82, 2.24) is 15.6 Å². The van der Waals surface area contributed by atoms with Crippen LogP contribution in [0.25, 0.3) is 0 Å². The summed E-state index contributed by atoms with van der Waals surface area (Å²) < 4.78 is 10.9. The topological polar surface area (TPSA) is 67.8 Å². The van der Waals surface area contributed by atoms with E-state index in [9.17, 15) is 0 Å². The molecule has 0 bridgehead atoms. The molecule has 0 unspecified atom stereocenters. The Morgan fingerprint density at radius 1 is 1.15 bits per heavy atom. The summed E-state index contributed by atoms with van der Waals surface area (Å²) in [5.41, 5.74) is 2.12. The van der Waals surface area contributed by atoms with E-state index in [0.717, 1.165) is 23.3 Å². The van der Waals surface area contributed by atoms with Gasteiger partial charge < -0.3 is 20.1 Å². The number of aliphatic imine (C=N–C) groups is 1. The zero-order valence-electron chi connectivity index (χ0n) is 15.5. The van der Waals surface area contributed by atoms with Crippen molar-refractivity contribution in [2.45, 2.75) is 26.4 Å². The molecule has 0 saturated carbocycles. The van der Waals surface area contributed by atoms with Gasteiger partial charge in [-0.25, -0.2) is 4.98 Å². The molecular formula is C19H27IN4O2. The molecule has 0 radical (unpaired) electrons. The van der Waals surface area contributed by atoms with Crippen LogP contribution < -0.4 is 20.1 Å². The van der Waals surface area contributed by atoms with E-state index in [1.807, 2.05) is 36.4 Å². The molecule has 0 spiro atoms. The van der Waals surface area contributed by atoms with Crippen LogP contribution in [-0.4, -0.2) is 31.7 Å². The Kier molecular flexibility index (Phi) is 10.5. The van der Waals surface area contributed by atoms with Gasteiger partial charge in [0.1, 0.15) is 5.75 Å². The average molecular weight is 470 g/mol. The molecular weight excluding hydrogens is 443 g/mol. The van der Waals surface area contributed by atoms with Gasteiger partial charge in [0.05, 0.1) is 13.7 Å². The van der Waals surface area contributed by atoms with E-state index in [4.69, 9.17) is 9.47 Å². The Bertz CT molecular complexity index is 695. The van der Waals surface area contributed by atoms with Crippen LogP contribution in [0.3, 0.4) is 0 Å². The highest BCUT2D eigenvalue weighted by Crippen LogP contribution is 2.14. The second kappa shape index (κ2) is 12.3. The van der Waals surface area contributed by atoms with Gasteiger partial charge in [-0.3, -0.25) is 4.99 Å². The Hall–Kier alpha value is -2.03.